The van der Waals surface area contributed by atoms with Crippen LogP contribution in [0.4, 0.5) is 4.79 Å². The number of carbonyl (C=O) groups excluding carboxylic acids is 1. The summed E-state index contributed by atoms with van der Waals surface area (Å²) in [4.78, 5) is 23.3. The van der Waals surface area contributed by atoms with Gasteiger partial charge in [-0.25, -0.2) is 9.59 Å². The second kappa shape index (κ2) is 6.57. The van der Waals surface area contributed by atoms with Crippen molar-refractivity contribution in [2.24, 2.45) is 7.05 Å². The Morgan fingerprint density at radius 2 is 2.19 bits per heavy atom. The molecule has 1 aromatic rings. The van der Waals surface area contributed by atoms with Crippen LogP contribution in [0.1, 0.15) is 18.4 Å². The summed E-state index contributed by atoms with van der Waals surface area (Å²) in [5.74, 6) is -1.02. The molecule has 1 aromatic heterocycles. The summed E-state index contributed by atoms with van der Waals surface area (Å²) in [7, 11) is 1.82. The molecule has 0 saturated carbocycles. The fraction of sp³-hybridized carbons (Fsp3) is 0.615. The van der Waals surface area contributed by atoms with Gasteiger partial charge in [-0.2, -0.15) is 5.10 Å². The first-order chi connectivity index (χ1) is 10.0. The average molecular weight is 296 g/mol. The summed E-state index contributed by atoms with van der Waals surface area (Å²) in [5.41, 5.74) is -0.215. The number of nitrogens with one attached hydrogen (secondary N) is 2. The highest BCUT2D eigenvalue weighted by molar-refractivity contribution is 5.86. The van der Waals surface area contributed by atoms with Crippen LogP contribution in [0.2, 0.25) is 0 Å². The fourth-order valence-electron chi connectivity index (χ4n) is 2.30. The molecule has 2 heterocycles. The highest BCUT2D eigenvalue weighted by Gasteiger charge is 2.41. The van der Waals surface area contributed by atoms with E-state index in [1.807, 2.05) is 13.2 Å². The molecule has 2 rings (SSSR count). The molecule has 0 bridgehead atoms. The largest absolute Gasteiger partial charge is 0.480 e. The van der Waals surface area contributed by atoms with E-state index in [4.69, 9.17) is 4.74 Å². The van der Waals surface area contributed by atoms with E-state index in [1.54, 1.807) is 10.9 Å². The van der Waals surface area contributed by atoms with Crippen LogP contribution in [0, 0.1) is 0 Å². The lowest BCUT2D eigenvalue weighted by molar-refractivity contribution is -0.148. The minimum Gasteiger partial charge on any atom is -0.480 e. The van der Waals surface area contributed by atoms with Gasteiger partial charge >= 0.3 is 12.0 Å². The summed E-state index contributed by atoms with van der Waals surface area (Å²) in [6.45, 7) is 1.09. The molecule has 21 heavy (non-hydrogen) atoms. The van der Waals surface area contributed by atoms with Gasteiger partial charge in [-0.15, -0.1) is 0 Å². The number of ether oxygens (including phenoxy) is 1. The van der Waals surface area contributed by atoms with E-state index in [-0.39, 0.29) is 12.8 Å². The second-order valence-corrected chi connectivity index (χ2v) is 5.15. The minimum absolute atomic E-state index is 0.276. The van der Waals surface area contributed by atoms with Crippen molar-refractivity contribution >= 4 is 12.0 Å². The van der Waals surface area contributed by atoms with Crippen molar-refractivity contribution in [3.05, 3.63) is 18.0 Å². The Morgan fingerprint density at radius 1 is 1.48 bits per heavy atom. The van der Waals surface area contributed by atoms with Crippen LogP contribution < -0.4 is 10.6 Å². The number of aliphatic carboxylic acids is 1. The van der Waals surface area contributed by atoms with Crippen molar-refractivity contribution in [2.45, 2.75) is 24.8 Å². The zero-order chi connectivity index (χ0) is 15.3. The normalized spacial score (nSPS) is 17.2. The molecule has 116 valence electrons. The molecule has 8 heteroatoms. The number of aryl methyl sites for hydroxylation is 1. The predicted octanol–water partition coefficient (Wildman–Crippen LogP) is -0.104. The highest BCUT2D eigenvalue weighted by Crippen LogP contribution is 2.20. The topological polar surface area (TPSA) is 105 Å². The molecule has 0 aromatic carbocycles. The molecule has 0 aliphatic carbocycles. The molecule has 0 spiro atoms. The maximum Gasteiger partial charge on any atom is 0.329 e. The number of carboxylic acid groups (broad SMARTS) is 1. The van der Waals surface area contributed by atoms with Gasteiger partial charge in [-0.3, -0.25) is 4.68 Å². The molecule has 1 fully saturated rings. The summed E-state index contributed by atoms with van der Waals surface area (Å²) in [5, 5.41) is 18.6. The standard InChI is InChI=1S/C13H20N4O4/c1-17-9-10(8-15-17)2-5-14-12(20)16-13(11(18)19)3-6-21-7-4-13/h8-9H,2-7H2,1H3,(H,18,19)(H2,14,16,20). The Labute approximate surface area is 122 Å². The molecule has 0 atom stereocenters. The third kappa shape index (κ3) is 3.94. The van der Waals surface area contributed by atoms with Crippen LogP contribution in [-0.2, 0) is 23.0 Å². The van der Waals surface area contributed by atoms with E-state index in [0.29, 0.717) is 26.2 Å². The van der Waals surface area contributed by atoms with E-state index in [1.165, 1.54) is 0 Å². The summed E-state index contributed by atoms with van der Waals surface area (Å²) >= 11 is 0. The zero-order valence-electron chi connectivity index (χ0n) is 12.0. The Balaban J connectivity index is 1.81. The zero-order valence-corrected chi connectivity index (χ0v) is 12.0. The quantitative estimate of drug-likeness (QED) is 0.703. The number of amides is 2. The Bertz CT molecular complexity index is 508. The number of urea groups is 1. The maximum absolute atomic E-state index is 11.9. The molecule has 2 amide bonds. The number of carboxylic acids is 1. The van der Waals surface area contributed by atoms with Gasteiger partial charge < -0.3 is 20.5 Å². The lowest BCUT2D eigenvalue weighted by atomic mass is 9.90. The maximum atomic E-state index is 11.9. The lowest BCUT2D eigenvalue weighted by Gasteiger charge is -2.33. The fourth-order valence-corrected chi connectivity index (χ4v) is 2.30. The SMILES string of the molecule is Cn1cc(CCNC(=O)NC2(C(=O)O)CCOCC2)cn1. The lowest BCUT2D eigenvalue weighted by Crippen LogP contribution is -2.59. The van der Waals surface area contributed by atoms with Gasteiger partial charge in [0.25, 0.3) is 0 Å². The molecule has 1 saturated heterocycles. The van der Waals surface area contributed by atoms with Crippen molar-refractivity contribution in [2.75, 3.05) is 19.8 Å². The summed E-state index contributed by atoms with van der Waals surface area (Å²) < 4.78 is 6.84. The molecule has 1 aliphatic rings. The third-order valence-corrected chi connectivity index (χ3v) is 3.57. The molecular formula is C13H20N4O4. The van der Waals surface area contributed by atoms with E-state index < -0.39 is 17.5 Å². The first-order valence-corrected chi connectivity index (χ1v) is 6.86. The smallest absolute Gasteiger partial charge is 0.329 e. The van der Waals surface area contributed by atoms with Crippen molar-refractivity contribution in [3.8, 4) is 0 Å². The first kappa shape index (κ1) is 15.3. The van der Waals surface area contributed by atoms with E-state index in [0.717, 1.165) is 5.56 Å². The number of carbonyl (C=O) groups is 2. The number of rotatable bonds is 5. The van der Waals surface area contributed by atoms with Crippen molar-refractivity contribution in [1.82, 2.24) is 20.4 Å². The summed E-state index contributed by atoms with van der Waals surface area (Å²) in [6, 6.07) is -0.469. The minimum atomic E-state index is -1.23. The van der Waals surface area contributed by atoms with Crippen LogP contribution in [0.3, 0.4) is 0 Å². The highest BCUT2D eigenvalue weighted by atomic mass is 16.5. The van der Waals surface area contributed by atoms with E-state index in [2.05, 4.69) is 15.7 Å². The molecule has 0 unspecified atom stereocenters. The summed E-state index contributed by atoms with van der Waals surface area (Å²) in [6.07, 6.45) is 4.80. The van der Waals surface area contributed by atoms with Gasteiger partial charge in [0.15, 0.2) is 0 Å². The van der Waals surface area contributed by atoms with Gasteiger partial charge in [0, 0.05) is 45.8 Å². The van der Waals surface area contributed by atoms with Crippen LogP contribution >= 0.6 is 0 Å². The molecule has 1 aliphatic heterocycles. The number of hydrogen-bond donors (Lipinski definition) is 3. The van der Waals surface area contributed by atoms with Crippen LogP contribution in [0.25, 0.3) is 0 Å². The average Bonchev–Trinajstić information content (AvgIpc) is 2.85. The Morgan fingerprint density at radius 3 is 2.76 bits per heavy atom. The van der Waals surface area contributed by atoms with Crippen molar-refractivity contribution in [3.63, 3.8) is 0 Å². The van der Waals surface area contributed by atoms with Crippen LogP contribution in [0.5, 0.6) is 0 Å². The third-order valence-electron chi connectivity index (χ3n) is 3.57. The Kier molecular flexibility index (Phi) is 4.79. The van der Waals surface area contributed by atoms with E-state index >= 15 is 0 Å². The monoisotopic (exact) mass is 296 g/mol. The number of hydrogen-bond acceptors (Lipinski definition) is 4. The molecular weight excluding hydrogens is 276 g/mol. The van der Waals surface area contributed by atoms with Gasteiger partial charge in [0.05, 0.1) is 6.20 Å². The van der Waals surface area contributed by atoms with Gasteiger partial charge in [-0.1, -0.05) is 0 Å². The number of nitrogens with zero attached hydrogens (tertiary/aromatic N) is 2. The van der Waals surface area contributed by atoms with Crippen molar-refractivity contribution in [1.29, 1.82) is 0 Å². The first-order valence-electron chi connectivity index (χ1n) is 6.86. The molecule has 0 radical (unpaired) electrons. The van der Waals surface area contributed by atoms with Gasteiger partial charge in [0.1, 0.15) is 5.54 Å². The number of aromatic nitrogens is 2. The van der Waals surface area contributed by atoms with Crippen LogP contribution in [0.15, 0.2) is 12.4 Å². The Hall–Kier alpha value is -2.09. The van der Waals surface area contributed by atoms with Crippen LogP contribution in [-0.4, -0.2) is 52.2 Å². The van der Waals surface area contributed by atoms with Gasteiger partial charge in [-0.05, 0) is 12.0 Å². The van der Waals surface area contributed by atoms with Gasteiger partial charge in [0.2, 0.25) is 0 Å². The molecule has 8 nitrogen and oxygen atoms in total. The van der Waals surface area contributed by atoms with E-state index in [9.17, 15) is 14.7 Å². The second-order valence-electron chi connectivity index (χ2n) is 5.15. The van der Waals surface area contributed by atoms with Crippen molar-refractivity contribution < 1.29 is 19.4 Å². The predicted molar refractivity (Wildman–Crippen MR) is 73.9 cm³/mol. The molecule has 3 N–H and O–H groups in total.